The van der Waals surface area contributed by atoms with Crippen LogP contribution in [-0.4, -0.2) is 49.3 Å². The maximum absolute atomic E-state index is 11.7. The van der Waals surface area contributed by atoms with E-state index < -0.39 is 5.60 Å². The molecule has 0 atom stereocenters. The van der Waals surface area contributed by atoms with Crippen molar-refractivity contribution < 1.29 is 9.53 Å². The summed E-state index contributed by atoms with van der Waals surface area (Å²) in [5.41, 5.74) is 2.69. The number of nitrogens with one attached hydrogen (secondary N) is 2. The third-order valence-corrected chi connectivity index (χ3v) is 5.20. The molecule has 2 aliphatic rings. The lowest BCUT2D eigenvalue weighted by Crippen LogP contribution is -2.54. The van der Waals surface area contributed by atoms with Gasteiger partial charge in [0, 0.05) is 38.3 Å². The number of amides is 1. The molecule has 0 bridgehead atoms. The van der Waals surface area contributed by atoms with Crippen molar-refractivity contribution in [2.75, 3.05) is 32.7 Å². The maximum atomic E-state index is 11.7. The van der Waals surface area contributed by atoms with Gasteiger partial charge in [-0.15, -0.1) is 0 Å². The molecule has 0 saturated carbocycles. The lowest BCUT2D eigenvalue weighted by molar-refractivity contribution is 0.0515. The van der Waals surface area contributed by atoms with E-state index in [1.165, 1.54) is 11.1 Å². The van der Waals surface area contributed by atoms with E-state index in [4.69, 9.17) is 4.74 Å². The Kier molecular flexibility index (Phi) is 5.35. The van der Waals surface area contributed by atoms with Gasteiger partial charge >= 0.3 is 6.09 Å². The maximum Gasteiger partial charge on any atom is 0.407 e. The average molecular weight is 345 g/mol. The topological polar surface area (TPSA) is 53.6 Å². The Labute approximate surface area is 151 Å². The number of carbonyl (C=O) groups is 1. The molecule has 1 saturated heterocycles. The molecule has 1 amide bonds. The first-order valence-electron chi connectivity index (χ1n) is 9.41. The number of hydrogen-bond acceptors (Lipinski definition) is 4. The summed E-state index contributed by atoms with van der Waals surface area (Å²) in [6.07, 6.45) is 3.04. The number of likely N-dealkylation sites (tertiary alicyclic amines) is 1. The summed E-state index contributed by atoms with van der Waals surface area (Å²) in [5, 5.41) is 6.65. The highest BCUT2D eigenvalue weighted by Crippen LogP contribution is 2.37. The van der Waals surface area contributed by atoms with Gasteiger partial charge in [-0.1, -0.05) is 24.3 Å². The van der Waals surface area contributed by atoms with Gasteiger partial charge in [-0.3, -0.25) is 0 Å². The highest BCUT2D eigenvalue weighted by atomic mass is 16.6. The molecule has 1 aromatic rings. The van der Waals surface area contributed by atoms with Gasteiger partial charge in [-0.25, -0.2) is 4.79 Å². The van der Waals surface area contributed by atoms with E-state index in [2.05, 4.69) is 39.8 Å². The smallest absolute Gasteiger partial charge is 0.407 e. The van der Waals surface area contributed by atoms with Crippen molar-refractivity contribution in [2.24, 2.45) is 0 Å². The molecule has 138 valence electrons. The van der Waals surface area contributed by atoms with E-state index >= 15 is 0 Å². The number of nitrogens with zero attached hydrogens (tertiary/aromatic N) is 1. The summed E-state index contributed by atoms with van der Waals surface area (Å²) >= 11 is 0. The Bertz CT molecular complexity index is 601. The third-order valence-electron chi connectivity index (χ3n) is 5.20. The number of benzene rings is 1. The second-order valence-corrected chi connectivity index (χ2v) is 8.19. The van der Waals surface area contributed by atoms with Gasteiger partial charge in [0.15, 0.2) is 0 Å². The predicted octanol–water partition coefficient (Wildman–Crippen LogP) is 2.65. The normalized spacial score (nSPS) is 20.1. The van der Waals surface area contributed by atoms with Crippen LogP contribution in [0.1, 0.15) is 44.7 Å². The fourth-order valence-electron chi connectivity index (χ4n) is 3.97. The number of fused-ring (bicyclic) bond motifs is 2. The summed E-state index contributed by atoms with van der Waals surface area (Å²) in [7, 11) is 0. The van der Waals surface area contributed by atoms with E-state index in [1.807, 2.05) is 20.8 Å². The fourth-order valence-corrected chi connectivity index (χ4v) is 3.97. The number of ether oxygens (including phenoxy) is 1. The third kappa shape index (κ3) is 4.53. The summed E-state index contributed by atoms with van der Waals surface area (Å²) in [4.78, 5) is 14.2. The van der Waals surface area contributed by atoms with Crippen LogP contribution in [0, 0.1) is 0 Å². The quantitative estimate of drug-likeness (QED) is 0.884. The summed E-state index contributed by atoms with van der Waals surface area (Å²) in [6.45, 7) is 10.3. The monoisotopic (exact) mass is 345 g/mol. The van der Waals surface area contributed by atoms with Crippen molar-refractivity contribution in [1.29, 1.82) is 0 Å². The van der Waals surface area contributed by atoms with Crippen molar-refractivity contribution in [3.8, 4) is 0 Å². The Morgan fingerprint density at radius 3 is 2.72 bits per heavy atom. The van der Waals surface area contributed by atoms with Crippen LogP contribution < -0.4 is 10.6 Å². The molecule has 5 heteroatoms. The van der Waals surface area contributed by atoms with Gasteiger partial charge in [0.2, 0.25) is 0 Å². The van der Waals surface area contributed by atoms with Crippen LogP contribution in [0.5, 0.6) is 0 Å². The largest absolute Gasteiger partial charge is 0.444 e. The molecule has 1 spiro atoms. The van der Waals surface area contributed by atoms with E-state index in [0.29, 0.717) is 6.54 Å². The van der Waals surface area contributed by atoms with Crippen LogP contribution >= 0.6 is 0 Å². The first-order valence-corrected chi connectivity index (χ1v) is 9.41. The number of carbonyl (C=O) groups excluding carboxylic acids is 1. The minimum Gasteiger partial charge on any atom is -0.444 e. The van der Waals surface area contributed by atoms with Crippen LogP contribution in [0.3, 0.4) is 0 Å². The SMILES string of the molecule is CC(C)(C)OC(=O)NCCN1CCC2(CC1)NCCc1ccccc12. The molecule has 0 unspecified atom stereocenters. The molecule has 3 rings (SSSR count). The summed E-state index contributed by atoms with van der Waals surface area (Å²) in [6, 6.07) is 8.87. The van der Waals surface area contributed by atoms with Gasteiger partial charge in [-0.2, -0.15) is 0 Å². The van der Waals surface area contributed by atoms with Crippen LogP contribution in [0.25, 0.3) is 0 Å². The van der Waals surface area contributed by atoms with E-state index in [1.54, 1.807) is 0 Å². The molecule has 2 heterocycles. The lowest BCUT2D eigenvalue weighted by atomic mass is 9.76. The van der Waals surface area contributed by atoms with Crippen molar-refractivity contribution in [1.82, 2.24) is 15.5 Å². The van der Waals surface area contributed by atoms with Crippen molar-refractivity contribution in [2.45, 2.75) is 51.2 Å². The molecule has 0 radical (unpaired) electrons. The second-order valence-electron chi connectivity index (χ2n) is 8.19. The van der Waals surface area contributed by atoms with Crippen LogP contribution in [-0.2, 0) is 16.7 Å². The molecule has 1 aromatic carbocycles. The van der Waals surface area contributed by atoms with Crippen LogP contribution in [0.15, 0.2) is 24.3 Å². The molecule has 2 N–H and O–H groups in total. The van der Waals surface area contributed by atoms with Gasteiger partial charge in [0.1, 0.15) is 5.60 Å². The van der Waals surface area contributed by atoms with Crippen molar-refractivity contribution in [3.63, 3.8) is 0 Å². The first kappa shape index (κ1) is 18.2. The molecular formula is C20H31N3O2. The minimum absolute atomic E-state index is 0.143. The Hall–Kier alpha value is -1.59. The molecular weight excluding hydrogens is 314 g/mol. The average Bonchev–Trinajstić information content (AvgIpc) is 2.56. The fraction of sp³-hybridized carbons (Fsp3) is 0.650. The zero-order chi connectivity index (χ0) is 17.9. The standard InChI is InChI=1S/C20H31N3O2/c1-19(2,3)25-18(24)21-12-15-23-13-9-20(10-14-23)17-7-5-4-6-16(17)8-11-22-20/h4-7,22H,8-15H2,1-3H3,(H,21,24). The van der Waals surface area contributed by atoms with Gasteiger partial charge in [-0.05, 0) is 51.2 Å². The molecule has 5 nitrogen and oxygen atoms in total. The van der Waals surface area contributed by atoms with Crippen molar-refractivity contribution >= 4 is 6.09 Å². The van der Waals surface area contributed by atoms with Crippen molar-refractivity contribution in [3.05, 3.63) is 35.4 Å². The molecule has 0 aromatic heterocycles. The minimum atomic E-state index is -0.443. The lowest BCUT2D eigenvalue weighted by Gasteiger charge is -2.46. The number of piperidine rings is 1. The molecule has 0 aliphatic carbocycles. The van der Waals surface area contributed by atoms with E-state index in [0.717, 1.165) is 45.4 Å². The van der Waals surface area contributed by atoms with Crippen LogP contribution in [0.2, 0.25) is 0 Å². The summed E-state index contributed by atoms with van der Waals surface area (Å²) < 4.78 is 5.28. The molecule has 1 fully saturated rings. The summed E-state index contributed by atoms with van der Waals surface area (Å²) in [5.74, 6) is 0. The Morgan fingerprint density at radius 2 is 2.00 bits per heavy atom. The zero-order valence-corrected chi connectivity index (χ0v) is 15.7. The molecule has 25 heavy (non-hydrogen) atoms. The van der Waals surface area contributed by atoms with Crippen LogP contribution in [0.4, 0.5) is 4.79 Å². The predicted molar refractivity (Wildman–Crippen MR) is 99.7 cm³/mol. The number of rotatable bonds is 3. The Balaban J connectivity index is 1.48. The second kappa shape index (κ2) is 7.34. The number of hydrogen-bond donors (Lipinski definition) is 2. The Morgan fingerprint density at radius 1 is 1.28 bits per heavy atom. The first-order chi connectivity index (χ1) is 11.9. The number of alkyl carbamates (subject to hydrolysis) is 1. The highest BCUT2D eigenvalue weighted by Gasteiger charge is 2.38. The zero-order valence-electron chi connectivity index (χ0n) is 15.7. The van der Waals surface area contributed by atoms with E-state index in [-0.39, 0.29) is 11.6 Å². The van der Waals surface area contributed by atoms with Gasteiger partial charge in [0.05, 0.1) is 0 Å². The van der Waals surface area contributed by atoms with Gasteiger partial charge < -0.3 is 20.3 Å². The highest BCUT2D eigenvalue weighted by molar-refractivity contribution is 5.67. The molecule has 2 aliphatic heterocycles. The van der Waals surface area contributed by atoms with E-state index in [9.17, 15) is 4.79 Å². The van der Waals surface area contributed by atoms with Gasteiger partial charge in [0.25, 0.3) is 0 Å².